The average molecular weight is 264 g/mol. The van der Waals surface area contributed by atoms with Crippen molar-refractivity contribution in [3.8, 4) is 11.1 Å². The number of ketones is 2. The van der Waals surface area contributed by atoms with Crippen LogP contribution in [0.4, 0.5) is 0 Å². The van der Waals surface area contributed by atoms with Gasteiger partial charge in [-0.3, -0.25) is 9.59 Å². The second kappa shape index (κ2) is 4.71. The van der Waals surface area contributed by atoms with Gasteiger partial charge in [0.1, 0.15) is 0 Å². The molecule has 2 heteroatoms. The normalized spacial score (nSPS) is 17.1. The van der Waals surface area contributed by atoms with E-state index in [9.17, 15) is 9.59 Å². The van der Waals surface area contributed by atoms with Crippen LogP contribution in [0.2, 0.25) is 0 Å². The van der Waals surface area contributed by atoms with Crippen LogP contribution in [0.3, 0.4) is 0 Å². The van der Waals surface area contributed by atoms with Gasteiger partial charge in [-0.1, -0.05) is 49.4 Å². The Morgan fingerprint density at radius 2 is 1.70 bits per heavy atom. The molecule has 0 amide bonds. The monoisotopic (exact) mass is 264 g/mol. The predicted octanol–water partition coefficient (Wildman–Crippen LogP) is 3.93. The van der Waals surface area contributed by atoms with Gasteiger partial charge in [-0.25, -0.2) is 0 Å². The molecule has 0 radical (unpaired) electrons. The van der Waals surface area contributed by atoms with Crippen LogP contribution in [0.25, 0.3) is 11.1 Å². The van der Waals surface area contributed by atoms with Gasteiger partial charge in [0.2, 0.25) is 0 Å². The SMILES string of the molecule is CC(=O)c1ccc(-c2cccc3c2CC(C)C3=O)cc1. The van der Waals surface area contributed by atoms with Crippen LogP contribution in [-0.4, -0.2) is 11.6 Å². The quantitative estimate of drug-likeness (QED) is 0.770. The smallest absolute Gasteiger partial charge is 0.166 e. The molecule has 0 saturated carbocycles. The lowest BCUT2D eigenvalue weighted by atomic mass is 9.95. The van der Waals surface area contributed by atoms with Crippen molar-refractivity contribution in [1.82, 2.24) is 0 Å². The van der Waals surface area contributed by atoms with Crippen LogP contribution in [0.1, 0.15) is 40.1 Å². The molecule has 0 aliphatic heterocycles. The number of hydrogen-bond acceptors (Lipinski definition) is 2. The van der Waals surface area contributed by atoms with E-state index in [1.165, 1.54) is 0 Å². The molecular weight excluding hydrogens is 248 g/mol. The molecular formula is C18H16O2. The Balaban J connectivity index is 2.08. The van der Waals surface area contributed by atoms with E-state index in [1.807, 2.05) is 49.4 Å². The summed E-state index contributed by atoms with van der Waals surface area (Å²) >= 11 is 0. The fourth-order valence-electron chi connectivity index (χ4n) is 2.86. The summed E-state index contributed by atoms with van der Waals surface area (Å²) < 4.78 is 0. The minimum absolute atomic E-state index is 0.0682. The largest absolute Gasteiger partial charge is 0.295 e. The molecule has 0 fully saturated rings. The van der Waals surface area contributed by atoms with Crippen molar-refractivity contribution in [1.29, 1.82) is 0 Å². The molecule has 0 N–H and O–H groups in total. The summed E-state index contributed by atoms with van der Waals surface area (Å²) in [6.45, 7) is 3.54. The van der Waals surface area contributed by atoms with Crippen LogP contribution >= 0.6 is 0 Å². The summed E-state index contributed by atoms with van der Waals surface area (Å²) in [6.07, 6.45) is 0.804. The highest BCUT2D eigenvalue weighted by Crippen LogP contribution is 2.34. The third kappa shape index (κ3) is 1.97. The number of hydrogen-bond donors (Lipinski definition) is 0. The van der Waals surface area contributed by atoms with Gasteiger partial charge in [0, 0.05) is 17.0 Å². The molecule has 1 atom stereocenters. The maximum atomic E-state index is 12.1. The first-order valence-corrected chi connectivity index (χ1v) is 6.85. The molecule has 2 nitrogen and oxygen atoms in total. The van der Waals surface area contributed by atoms with Crippen molar-refractivity contribution in [3.05, 3.63) is 59.2 Å². The number of rotatable bonds is 2. The molecule has 100 valence electrons. The van der Waals surface area contributed by atoms with Gasteiger partial charge in [-0.05, 0) is 30.0 Å². The Morgan fingerprint density at radius 3 is 2.35 bits per heavy atom. The molecule has 2 aromatic rings. The molecule has 0 saturated heterocycles. The minimum Gasteiger partial charge on any atom is -0.295 e. The summed E-state index contributed by atoms with van der Waals surface area (Å²) in [5.74, 6) is 0.378. The topological polar surface area (TPSA) is 34.1 Å². The number of fused-ring (bicyclic) bond motifs is 1. The lowest BCUT2D eigenvalue weighted by Gasteiger charge is -2.08. The highest BCUT2D eigenvalue weighted by Gasteiger charge is 2.28. The van der Waals surface area contributed by atoms with Crippen LogP contribution in [-0.2, 0) is 6.42 Å². The van der Waals surface area contributed by atoms with E-state index < -0.39 is 0 Å². The Labute approximate surface area is 118 Å². The maximum absolute atomic E-state index is 12.1. The Morgan fingerprint density at radius 1 is 1.05 bits per heavy atom. The van der Waals surface area contributed by atoms with E-state index in [4.69, 9.17) is 0 Å². The zero-order chi connectivity index (χ0) is 14.3. The molecule has 20 heavy (non-hydrogen) atoms. The maximum Gasteiger partial charge on any atom is 0.166 e. The van der Waals surface area contributed by atoms with E-state index in [1.54, 1.807) is 6.92 Å². The lowest BCUT2D eigenvalue weighted by molar-refractivity contribution is 0.0945. The fraction of sp³-hybridized carbons (Fsp3) is 0.222. The number of benzene rings is 2. The first kappa shape index (κ1) is 12.8. The predicted molar refractivity (Wildman–Crippen MR) is 79.1 cm³/mol. The van der Waals surface area contributed by atoms with E-state index in [0.29, 0.717) is 5.56 Å². The van der Waals surface area contributed by atoms with Crippen molar-refractivity contribution in [2.75, 3.05) is 0 Å². The lowest BCUT2D eigenvalue weighted by Crippen LogP contribution is -2.02. The Kier molecular flexibility index (Phi) is 3.01. The molecule has 0 aromatic heterocycles. The van der Waals surface area contributed by atoms with Gasteiger partial charge in [-0.15, -0.1) is 0 Å². The van der Waals surface area contributed by atoms with Crippen LogP contribution in [0.5, 0.6) is 0 Å². The summed E-state index contributed by atoms with van der Waals surface area (Å²) in [5.41, 5.74) is 4.88. The van der Waals surface area contributed by atoms with E-state index in [0.717, 1.165) is 28.7 Å². The van der Waals surface area contributed by atoms with Gasteiger partial charge in [-0.2, -0.15) is 0 Å². The van der Waals surface area contributed by atoms with Gasteiger partial charge in [0.15, 0.2) is 11.6 Å². The van der Waals surface area contributed by atoms with Gasteiger partial charge in [0.05, 0.1) is 0 Å². The molecule has 1 aliphatic carbocycles. The summed E-state index contributed by atoms with van der Waals surface area (Å²) in [5, 5.41) is 0. The summed E-state index contributed by atoms with van der Waals surface area (Å²) in [7, 11) is 0. The molecule has 0 spiro atoms. The fourth-order valence-corrected chi connectivity index (χ4v) is 2.86. The van der Waals surface area contributed by atoms with Crippen molar-refractivity contribution in [2.24, 2.45) is 5.92 Å². The average Bonchev–Trinajstić information content (AvgIpc) is 2.74. The molecule has 2 aromatic carbocycles. The standard InChI is InChI=1S/C18H16O2/c1-11-10-17-15(4-3-5-16(17)18(11)20)14-8-6-13(7-9-14)12(2)19/h3-9,11H,10H2,1-2H3. The Hall–Kier alpha value is -2.22. The molecule has 0 bridgehead atoms. The first-order valence-electron chi connectivity index (χ1n) is 6.85. The second-order valence-corrected chi connectivity index (χ2v) is 5.43. The molecule has 0 heterocycles. The van der Waals surface area contributed by atoms with Gasteiger partial charge >= 0.3 is 0 Å². The Bertz CT molecular complexity index is 696. The number of carbonyl (C=O) groups is 2. The minimum atomic E-state index is 0.0682. The summed E-state index contributed by atoms with van der Waals surface area (Å²) in [6, 6.07) is 13.5. The zero-order valence-electron chi connectivity index (χ0n) is 11.6. The number of carbonyl (C=O) groups excluding carboxylic acids is 2. The van der Waals surface area contributed by atoms with Crippen LogP contribution in [0.15, 0.2) is 42.5 Å². The van der Waals surface area contributed by atoms with E-state index in [2.05, 4.69) is 0 Å². The second-order valence-electron chi connectivity index (χ2n) is 5.43. The highest BCUT2D eigenvalue weighted by atomic mass is 16.1. The third-order valence-corrected chi connectivity index (χ3v) is 4.00. The van der Waals surface area contributed by atoms with Gasteiger partial charge in [0.25, 0.3) is 0 Å². The van der Waals surface area contributed by atoms with Crippen molar-refractivity contribution < 1.29 is 9.59 Å². The summed E-state index contributed by atoms with van der Waals surface area (Å²) in [4.78, 5) is 23.4. The van der Waals surface area contributed by atoms with Crippen LogP contribution < -0.4 is 0 Å². The van der Waals surface area contributed by atoms with Crippen molar-refractivity contribution in [2.45, 2.75) is 20.3 Å². The molecule has 1 aliphatic rings. The van der Waals surface area contributed by atoms with E-state index >= 15 is 0 Å². The van der Waals surface area contributed by atoms with E-state index in [-0.39, 0.29) is 17.5 Å². The number of Topliss-reactive ketones (excluding diaryl/α,β-unsaturated/α-hetero) is 2. The van der Waals surface area contributed by atoms with Gasteiger partial charge < -0.3 is 0 Å². The molecule has 3 rings (SSSR count). The van der Waals surface area contributed by atoms with Crippen molar-refractivity contribution in [3.63, 3.8) is 0 Å². The first-order chi connectivity index (χ1) is 9.58. The zero-order valence-corrected chi connectivity index (χ0v) is 11.6. The highest BCUT2D eigenvalue weighted by molar-refractivity contribution is 6.04. The van der Waals surface area contributed by atoms with Crippen molar-refractivity contribution >= 4 is 11.6 Å². The third-order valence-electron chi connectivity index (χ3n) is 4.00. The molecule has 1 unspecified atom stereocenters. The van der Waals surface area contributed by atoms with Crippen LogP contribution in [0, 0.1) is 5.92 Å².